The summed E-state index contributed by atoms with van der Waals surface area (Å²) in [6.45, 7) is 5.94. The molecule has 5 nitrogen and oxygen atoms in total. The van der Waals surface area contributed by atoms with Crippen molar-refractivity contribution >= 4 is 17.6 Å². The molecule has 0 aromatic carbocycles. The number of aryl methyl sites for hydroxylation is 1. The Morgan fingerprint density at radius 2 is 2.00 bits per heavy atom. The van der Waals surface area contributed by atoms with E-state index >= 15 is 0 Å². The highest BCUT2D eigenvalue weighted by atomic mass is 16.4. The van der Waals surface area contributed by atoms with E-state index in [1.54, 1.807) is 13.1 Å². The lowest BCUT2D eigenvalue weighted by molar-refractivity contribution is -0.126. The van der Waals surface area contributed by atoms with E-state index in [0.717, 1.165) is 32.1 Å². The number of rotatable bonds is 5. The fourth-order valence-corrected chi connectivity index (χ4v) is 3.51. The number of hydrogen-bond acceptors (Lipinski definition) is 2. The molecule has 0 spiro atoms. The number of carboxylic acid groups (broad SMARTS) is 1. The van der Waals surface area contributed by atoms with E-state index in [1.807, 2.05) is 0 Å². The maximum atomic E-state index is 12.7. The van der Waals surface area contributed by atoms with Crippen LogP contribution < -0.4 is 5.32 Å². The molecular weight excluding hydrogens is 268 g/mol. The van der Waals surface area contributed by atoms with E-state index < -0.39 is 5.97 Å². The van der Waals surface area contributed by atoms with Crippen molar-refractivity contribution < 1.29 is 14.7 Å². The normalized spacial score (nSPS) is 17.1. The van der Waals surface area contributed by atoms with Gasteiger partial charge in [-0.3, -0.25) is 4.79 Å². The summed E-state index contributed by atoms with van der Waals surface area (Å²) in [4.78, 5) is 26.9. The van der Waals surface area contributed by atoms with Gasteiger partial charge in [0.05, 0.1) is 5.69 Å². The molecular formula is C16H24N2O3. The van der Waals surface area contributed by atoms with Crippen molar-refractivity contribution in [2.45, 2.75) is 52.9 Å². The van der Waals surface area contributed by atoms with Crippen molar-refractivity contribution in [3.05, 3.63) is 17.5 Å². The minimum Gasteiger partial charge on any atom is -0.478 e. The average molecular weight is 292 g/mol. The summed E-state index contributed by atoms with van der Waals surface area (Å²) in [5.41, 5.74) is 0.748. The third-order valence-electron chi connectivity index (χ3n) is 4.38. The highest BCUT2D eigenvalue weighted by molar-refractivity contribution is 6.03. The number of aromatic nitrogens is 1. The van der Waals surface area contributed by atoms with E-state index in [1.165, 1.54) is 0 Å². The Balaban J connectivity index is 2.22. The van der Waals surface area contributed by atoms with Crippen LogP contribution in [-0.4, -0.2) is 22.0 Å². The number of aromatic amines is 1. The van der Waals surface area contributed by atoms with Gasteiger partial charge in [-0.05, 0) is 32.1 Å². The zero-order chi connectivity index (χ0) is 15.6. The lowest BCUT2D eigenvalue weighted by Crippen LogP contribution is -2.35. The van der Waals surface area contributed by atoms with Crippen molar-refractivity contribution in [1.29, 1.82) is 0 Å². The molecule has 1 aliphatic carbocycles. The SMILES string of the molecule is Cc1[nH]cc(NC(=O)C2(CC(C)C)CCCC2)c1C(=O)O. The largest absolute Gasteiger partial charge is 0.478 e. The molecule has 1 saturated carbocycles. The maximum Gasteiger partial charge on any atom is 0.339 e. The van der Waals surface area contributed by atoms with Gasteiger partial charge >= 0.3 is 5.97 Å². The number of nitrogens with one attached hydrogen (secondary N) is 2. The second-order valence-electron chi connectivity index (χ2n) is 6.55. The van der Waals surface area contributed by atoms with Gasteiger partial charge in [-0.25, -0.2) is 4.79 Å². The highest BCUT2D eigenvalue weighted by Crippen LogP contribution is 2.44. The molecule has 0 saturated heterocycles. The summed E-state index contributed by atoms with van der Waals surface area (Å²) in [5, 5.41) is 12.1. The van der Waals surface area contributed by atoms with Gasteiger partial charge in [0.25, 0.3) is 0 Å². The summed E-state index contributed by atoms with van der Waals surface area (Å²) in [6.07, 6.45) is 6.33. The van der Waals surface area contributed by atoms with Crippen LogP contribution in [0.5, 0.6) is 0 Å². The van der Waals surface area contributed by atoms with Crippen LogP contribution in [0.3, 0.4) is 0 Å². The fraction of sp³-hybridized carbons (Fsp3) is 0.625. The monoisotopic (exact) mass is 292 g/mol. The number of anilines is 1. The molecule has 1 heterocycles. The van der Waals surface area contributed by atoms with Crippen molar-refractivity contribution in [3.63, 3.8) is 0 Å². The number of amides is 1. The molecule has 116 valence electrons. The van der Waals surface area contributed by atoms with Gasteiger partial charge in [-0.1, -0.05) is 26.7 Å². The van der Waals surface area contributed by atoms with Gasteiger partial charge in [0.1, 0.15) is 5.56 Å². The van der Waals surface area contributed by atoms with Gasteiger partial charge < -0.3 is 15.4 Å². The first-order valence-electron chi connectivity index (χ1n) is 7.58. The molecule has 1 amide bonds. The minimum atomic E-state index is -1.02. The van der Waals surface area contributed by atoms with Gasteiger partial charge in [0, 0.05) is 17.3 Å². The van der Waals surface area contributed by atoms with E-state index in [2.05, 4.69) is 24.1 Å². The molecule has 0 radical (unpaired) electrons. The van der Waals surface area contributed by atoms with Gasteiger partial charge in [0.15, 0.2) is 0 Å². The average Bonchev–Trinajstić information content (AvgIpc) is 2.96. The van der Waals surface area contributed by atoms with E-state index in [4.69, 9.17) is 0 Å². The molecule has 0 unspecified atom stereocenters. The molecule has 0 atom stereocenters. The van der Waals surface area contributed by atoms with Crippen molar-refractivity contribution in [2.75, 3.05) is 5.32 Å². The van der Waals surface area contributed by atoms with Crippen LogP contribution in [0.4, 0.5) is 5.69 Å². The topological polar surface area (TPSA) is 82.2 Å². The quantitative estimate of drug-likeness (QED) is 0.776. The Bertz CT molecular complexity index is 540. The number of aromatic carboxylic acids is 1. The number of H-pyrrole nitrogens is 1. The van der Waals surface area contributed by atoms with Gasteiger partial charge in [-0.2, -0.15) is 0 Å². The molecule has 21 heavy (non-hydrogen) atoms. The predicted octanol–water partition coefficient (Wildman–Crippen LogP) is 3.57. The Labute approximate surface area is 125 Å². The summed E-state index contributed by atoms with van der Waals surface area (Å²) in [5.74, 6) is -0.607. The second kappa shape index (κ2) is 5.92. The molecule has 1 aromatic heterocycles. The van der Waals surface area contributed by atoms with Gasteiger partial charge in [-0.15, -0.1) is 0 Å². The van der Waals surface area contributed by atoms with Crippen LogP contribution in [0.15, 0.2) is 6.20 Å². The molecule has 0 aliphatic heterocycles. The van der Waals surface area contributed by atoms with Crippen LogP contribution >= 0.6 is 0 Å². The fourth-order valence-electron chi connectivity index (χ4n) is 3.51. The first-order valence-corrected chi connectivity index (χ1v) is 7.58. The zero-order valence-corrected chi connectivity index (χ0v) is 13.0. The standard InChI is InChI=1S/C16H24N2O3/c1-10(2)8-16(6-4-5-7-16)15(21)18-12-9-17-11(3)13(12)14(19)20/h9-10,17H,4-8H2,1-3H3,(H,18,21)(H,19,20). The summed E-state index contributed by atoms with van der Waals surface area (Å²) in [7, 11) is 0. The van der Waals surface area contributed by atoms with Crippen molar-refractivity contribution in [3.8, 4) is 0 Å². The zero-order valence-electron chi connectivity index (χ0n) is 13.0. The van der Waals surface area contributed by atoms with Crippen LogP contribution in [0, 0.1) is 18.3 Å². The molecule has 2 rings (SSSR count). The molecule has 1 fully saturated rings. The van der Waals surface area contributed by atoms with Gasteiger partial charge in [0.2, 0.25) is 5.91 Å². The molecule has 3 N–H and O–H groups in total. The molecule has 1 aromatic rings. The summed E-state index contributed by atoms with van der Waals surface area (Å²) < 4.78 is 0. The first kappa shape index (κ1) is 15.6. The third-order valence-corrected chi connectivity index (χ3v) is 4.38. The van der Waals surface area contributed by atoms with Crippen LogP contribution in [0.25, 0.3) is 0 Å². The highest BCUT2D eigenvalue weighted by Gasteiger charge is 2.41. The van der Waals surface area contributed by atoms with Crippen molar-refractivity contribution in [2.24, 2.45) is 11.3 Å². The second-order valence-corrected chi connectivity index (χ2v) is 6.55. The number of hydrogen-bond donors (Lipinski definition) is 3. The van der Waals surface area contributed by atoms with E-state index in [0.29, 0.717) is 17.3 Å². The van der Waals surface area contributed by atoms with Crippen LogP contribution in [0.2, 0.25) is 0 Å². The molecule has 0 bridgehead atoms. The molecule has 5 heteroatoms. The number of carbonyl (C=O) groups is 2. The van der Waals surface area contributed by atoms with Crippen LogP contribution in [-0.2, 0) is 4.79 Å². The lowest BCUT2D eigenvalue weighted by Gasteiger charge is -2.29. The van der Waals surface area contributed by atoms with Crippen molar-refractivity contribution in [1.82, 2.24) is 4.98 Å². The smallest absolute Gasteiger partial charge is 0.339 e. The maximum absolute atomic E-state index is 12.7. The summed E-state index contributed by atoms with van der Waals surface area (Å²) >= 11 is 0. The minimum absolute atomic E-state index is 0.0322. The lowest BCUT2D eigenvalue weighted by atomic mass is 9.77. The van der Waals surface area contributed by atoms with E-state index in [-0.39, 0.29) is 16.9 Å². The predicted molar refractivity (Wildman–Crippen MR) is 81.5 cm³/mol. The summed E-state index contributed by atoms with van der Waals surface area (Å²) in [6, 6.07) is 0. The molecule has 1 aliphatic rings. The third kappa shape index (κ3) is 3.12. The first-order chi connectivity index (χ1) is 9.85. The Hall–Kier alpha value is -1.78. The Morgan fingerprint density at radius 1 is 1.38 bits per heavy atom. The Morgan fingerprint density at radius 3 is 2.52 bits per heavy atom. The van der Waals surface area contributed by atoms with Crippen LogP contribution in [0.1, 0.15) is 62.0 Å². The Kier molecular flexibility index (Phi) is 4.40. The van der Waals surface area contributed by atoms with E-state index in [9.17, 15) is 14.7 Å². The number of carboxylic acids is 1. The number of carbonyl (C=O) groups excluding carboxylic acids is 1.